The third kappa shape index (κ3) is 5.28. The zero-order chi connectivity index (χ0) is 14.6. The molecule has 1 aromatic rings. The van der Waals surface area contributed by atoms with Crippen molar-refractivity contribution in [3.63, 3.8) is 0 Å². The van der Waals surface area contributed by atoms with Gasteiger partial charge >= 0.3 is 0 Å². The van der Waals surface area contributed by atoms with E-state index in [4.69, 9.17) is 23.2 Å². The maximum Gasteiger partial charge on any atom is 0.240 e. The number of aliphatic hydroxyl groups excluding tert-OH is 1. The third-order valence-corrected chi connectivity index (χ3v) is 4.73. The van der Waals surface area contributed by atoms with E-state index in [2.05, 4.69) is 4.72 Å². The molecule has 0 aliphatic carbocycles. The van der Waals surface area contributed by atoms with Crippen molar-refractivity contribution in [2.24, 2.45) is 5.92 Å². The fraction of sp³-hybridized carbons (Fsp3) is 0.500. The summed E-state index contributed by atoms with van der Waals surface area (Å²) in [6, 6.07) is 4.15. The molecule has 4 nitrogen and oxygen atoms in total. The molecule has 0 amide bonds. The first-order valence-corrected chi connectivity index (χ1v) is 8.09. The van der Waals surface area contributed by atoms with Crippen molar-refractivity contribution < 1.29 is 13.5 Å². The summed E-state index contributed by atoms with van der Waals surface area (Å²) in [5.41, 5.74) is 0. The van der Waals surface area contributed by atoms with E-state index in [0.29, 0.717) is 11.4 Å². The number of hydrogen-bond donors (Lipinski definition) is 2. The van der Waals surface area contributed by atoms with Crippen LogP contribution in [0.4, 0.5) is 0 Å². The molecule has 19 heavy (non-hydrogen) atoms. The topological polar surface area (TPSA) is 66.4 Å². The van der Waals surface area contributed by atoms with Crippen LogP contribution >= 0.6 is 23.2 Å². The second-order valence-corrected chi connectivity index (χ2v) is 7.20. The van der Waals surface area contributed by atoms with E-state index in [9.17, 15) is 13.5 Å². The Bertz CT molecular complexity index is 532. The molecule has 0 aliphatic rings. The molecule has 0 saturated carbocycles. The Labute approximate surface area is 123 Å². The van der Waals surface area contributed by atoms with E-state index in [1.54, 1.807) is 6.92 Å². The molecular formula is C12H17Cl2NO3S. The standard InChI is InChI=1S/C12H17Cl2NO3S/c1-8(5-9(2)16)7-15-19(17,18)10-3-4-11(13)12(14)6-10/h3-4,6,8-9,15-16H,5,7H2,1-2H3. The Hall–Kier alpha value is -0.330. The van der Waals surface area contributed by atoms with Crippen LogP contribution in [0.15, 0.2) is 23.1 Å². The molecular weight excluding hydrogens is 309 g/mol. The Morgan fingerprint density at radius 2 is 1.89 bits per heavy atom. The van der Waals surface area contributed by atoms with Gasteiger partial charge in [-0.05, 0) is 37.5 Å². The smallest absolute Gasteiger partial charge is 0.240 e. The first kappa shape index (κ1) is 16.7. The minimum Gasteiger partial charge on any atom is -0.393 e. The lowest BCUT2D eigenvalue weighted by Gasteiger charge is -2.14. The summed E-state index contributed by atoms with van der Waals surface area (Å²) in [6.45, 7) is 3.79. The number of nitrogens with one attached hydrogen (secondary N) is 1. The first-order chi connectivity index (χ1) is 8.72. The second-order valence-electron chi connectivity index (χ2n) is 4.62. The van der Waals surface area contributed by atoms with E-state index < -0.39 is 16.1 Å². The minimum atomic E-state index is -3.61. The lowest BCUT2D eigenvalue weighted by molar-refractivity contribution is 0.165. The molecule has 0 heterocycles. The van der Waals surface area contributed by atoms with Crippen LogP contribution in [0.2, 0.25) is 10.0 Å². The van der Waals surface area contributed by atoms with Gasteiger partial charge in [0.1, 0.15) is 0 Å². The molecule has 0 fully saturated rings. The summed E-state index contributed by atoms with van der Waals surface area (Å²) in [5.74, 6) is 0.0394. The number of sulfonamides is 1. The molecule has 7 heteroatoms. The van der Waals surface area contributed by atoms with Crippen molar-refractivity contribution in [1.29, 1.82) is 0 Å². The number of rotatable bonds is 6. The largest absolute Gasteiger partial charge is 0.393 e. The molecule has 2 unspecified atom stereocenters. The summed E-state index contributed by atoms with van der Waals surface area (Å²) >= 11 is 11.5. The molecule has 0 saturated heterocycles. The van der Waals surface area contributed by atoms with Gasteiger partial charge in [0, 0.05) is 6.54 Å². The minimum absolute atomic E-state index is 0.0394. The van der Waals surface area contributed by atoms with Crippen molar-refractivity contribution in [2.45, 2.75) is 31.3 Å². The molecule has 0 radical (unpaired) electrons. The van der Waals surface area contributed by atoms with E-state index in [1.165, 1.54) is 18.2 Å². The third-order valence-electron chi connectivity index (χ3n) is 2.57. The zero-order valence-electron chi connectivity index (χ0n) is 10.7. The van der Waals surface area contributed by atoms with E-state index in [0.717, 1.165) is 0 Å². The van der Waals surface area contributed by atoms with E-state index in [1.807, 2.05) is 6.92 Å². The lowest BCUT2D eigenvalue weighted by Crippen LogP contribution is -2.29. The average molecular weight is 326 g/mol. The van der Waals surface area contributed by atoms with Crippen molar-refractivity contribution in [2.75, 3.05) is 6.54 Å². The number of benzene rings is 1. The average Bonchev–Trinajstić information content (AvgIpc) is 2.29. The Morgan fingerprint density at radius 3 is 2.42 bits per heavy atom. The van der Waals surface area contributed by atoms with Crippen LogP contribution in [0.3, 0.4) is 0 Å². The Kier molecular flexibility index (Phi) is 6.08. The monoisotopic (exact) mass is 325 g/mol. The molecule has 108 valence electrons. The number of hydrogen-bond acceptors (Lipinski definition) is 3. The summed E-state index contributed by atoms with van der Waals surface area (Å²) in [6.07, 6.45) is 0.0775. The molecule has 1 aromatic carbocycles. The predicted molar refractivity (Wildman–Crippen MR) is 77.1 cm³/mol. The van der Waals surface area contributed by atoms with Gasteiger partial charge in [0.05, 0.1) is 21.0 Å². The summed E-state index contributed by atoms with van der Waals surface area (Å²) < 4.78 is 26.5. The summed E-state index contributed by atoms with van der Waals surface area (Å²) in [4.78, 5) is 0.0751. The maximum absolute atomic E-state index is 12.0. The van der Waals surface area contributed by atoms with Crippen LogP contribution < -0.4 is 4.72 Å². The quantitative estimate of drug-likeness (QED) is 0.845. The summed E-state index contributed by atoms with van der Waals surface area (Å²) in [5, 5.41) is 9.73. The predicted octanol–water partition coefficient (Wildman–Crippen LogP) is 2.68. The molecule has 1 rings (SSSR count). The first-order valence-electron chi connectivity index (χ1n) is 5.85. The number of aliphatic hydroxyl groups is 1. The van der Waals surface area contributed by atoms with Crippen molar-refractivity contribution in [3.05, 3.63) is 28.2 Å². The van der Waals surface area contributed by atoms with Crippen LogP contribution in [0, 0.1) is 5.92 Å². The molecule has 0 spiro atoms. The van der Waals surface area contributed by atoms with Crippen LogP contribution in [0.25, 0.3) is 0 Å². The van der Waals surface area contributed by atoms with Gasteiger partial charge in [0.25, 0.3) is 0 Å². The highest BCUT2D eigenvalue weighted by atomic mass is 35.5. The SMILES string of the molecule is CC(O)CC(C)CNS(=O)(=O)c1ccc(Cl)c(Cl)c1. The van der Waals surface area contributed by atoms with E-state index >= 15 is 0 Å². The van der Waals surface area contributed by atoms with E-state index in [-0.39, 0.29) is 22.4 Å². The van der Waals surface area contributed by atoms with Gasteiger partial charge in [-0.25, -0.2) is 13.1 Å². The van der Waals surface area contributed by atoms with Crippen molar-refractivity contribution in [3.8, 4) is 0 Å². The fourth-order valence-corrected chi connectivity index (χ4v) is 3.20. The molecule has 0 aliphatic heterocycles. The van der Waals surface area contributed by atoms with Gasteiger partial charge in [-0.1, -0.05) is 30.1 Å². The highest BCUT2D eigenvalue weighted by Crippen LogP contribution is 2.24. The molecule has 0 bridgehead atoms. The fourth-order valence-electron chi connectivity index (χ4n) is 1.64. The highest BCUT2D eigenvalue weighted by molar-refractivity contribution is 7.89. The van der Waals surface area contributed by atoms with Crippen LogP contribution in [0.1, 0.15) is 20.3 Å². The van der Waals surface area contributed by atoms with Crippen molar-refractivity contribution >= 4 is 33.2 Å². The van der Waals surface area contributed by atoms with Crippen molar-refractivity contribution in [1.82, 2.24) is 4.72 Å². The molecule has 2 atom stereocenters. The summed E-state index contributed by atoms with van der Waals surface area (Å²) in [7, 11) is -3.61. The van der Waals surface area contributed by atoms with Crippen LogP contribution in [-0.2, 0) is 10.0 Å². The van der Waals surface area contributed by atoms with Crippen LogP contribution in [-0.4, -0.2) is 26.2 Å². The molecule has 2 N–H and O–H groups in total. The highest BCUT2D eigenvalue weighted by Gasteiger charge is 2.17. The zero-order valence-corrected chi connectivity index (χ0v) is 13.1. The van der Waals surface area contributed by atoms with Gasteiger partial charge in [-0.3, -0.25) is 0 Å². The van der Waals surface area contributed by atoms with Gasteiger partial charge in [-0.15, -0.1) is 0 Å². The second kappa shape index (κ2) is 6.90. The van der Waals surface area contributed by atoms with Gasteiger partial charge in [0.15, 0.2) is 0 Å². The van der Waals surface area contributed by atoms with Gasteiger partial charge < -0.3 is 5.11 Å². The van der Waals surface area contributed by atoms with Crippen LogP contribution in [0.5, 0.6) is 0 Å². The Morgan fingerprint density at radius 1 is 1.26 bits per heavy atom. The lowest BCUT2D eigenvalue weighted by atomic mass is 10.1. The molecule has 0 aromatic heterocycles. The number of halogens is 2. The van der Waals surface area contributed by atoms with Gasteiger partial charge in [-0.2, -0.15) is 0 Å². The maximum atomic E-state index is 12.0. The normalized spacial score (nSPS) is 15.2. The van der Waals surface area contributed by atoms with Gasteiger partial charge in [0.2, 0.25) is 10.0 Å². The Balaban J connectivity index is 2.73.